The average molecular weight is 500 g/mol. The number of anilines is 1. The van der Waals surface area contributed by atoms with Crippen LogP contribution in [0.2, 0.25) is 0 Å². The van der Waals surface area contributed by atoms with Crippen LogP contribution in [0.4, 0.5) is 5.69 Å². The second-order valence-electron chi connectivity index (χ2n) is 10.4. The molecule has 37 heavy (non-hydrogen) atoms. The van der Waals surface area contributed by atoms with Gasteiger partial charge >= 0.3 is 0 Å². The van der Waals surface area contributed by atoms with Crippen LogP contribution in [0.25, 0.3) is 28.2 Å². The summed E-state index contributed by atoms with van der Waals surface area (Å²) in [6.45, 7) is 5.96. The summed E-state index contributed by atoms with van der Waals surface area (Å²) in [7, 11) is 0. The summed E-state index contributed by atoms with van der Waals surface area (Å²) in [6.07, 6.45) is 4.43. The summed E-state index contributed by atoms with van der Waals surface area (Å²) in [5, 5.41) is 31.5. The van der Waals surface area contributed by atoms with Crippen LogP contribution in [0, 0.1) is 6.92 Å². The fourth-order valence-electron chi connectivity index (χ4n) is 4.41. The molecule has 0 atom stereocenters. The lowest BCUT2D eigenvalue weighted by Crippen LogP contribution is -2.26. The van der Waals surface area contributed by atoms with Crippen molar-refractivity contribution in [2.24, 2.45) is 0 Å². The van der Waals surface area contributed by atoms with Gasteiger partial charge in [0.15, 0.2) is 5.65 Å². The van der Waals surface area contributed by atoms with Gasteiger partial charge in [-0.25, -0.2) is 9.50 Å². The summed E-state index contributed by atoms with van der Waals surface area (Å²) in [4.78, 5) is 17.3. The highest BCUT2D eigenvalue weighted by molar-refractivity contribution is 5.96. The number of carbonyl (C=O) groups excluding carboxylic acids is 1. The lowest BCUT2D eigenvalue weighted by Gasteiger charge is -2.18. The van der Waals surface area contributed by atoms with E-state index in [9.17, 15) is 15.0 Å². The molecule has 8 heteroatoms. The number of imidazole rings is 1. The third kappa shape index (κ3) is 5.50. The monoisotopic (exact) mass is 499 g/mol. The Bertz CT molecular complexity index is 1450. The zero-order valence-electron chi connectivity index (χ0n) is 21.5. The van der Waals surface area contributed by atoms with Crippen molar-refractivity contribution in [2.45, 2.75) is 58.3 Å². The third-order valence-electron chi connectivity index (χ3n) is 6.66. The van der Waals surface area contributed by atoms with Crippen molar-refractivity contribution in [3.8, 4) is 22.5 Å². The van der Waals surface area contributed by atoms with Gasteiger partial charge in [0, 0.05) is 29.3 Å². The summed E-state index contributed by atoms with van der Waals surface area (Å²) in [5.74, 6) is -0.0380. The van der Waals surface area contributed by atoms with Crippen molar-refractivity contribution in [1.29, 1.82) is 0 Å². The van der Waals surface area contributed by atoms with Crippen LogP contribution in [0.3, 0.4) is 0 Å². The molecule has 2 aromatic heterocycles. The topological polar surface area (TPSA) is 112 Å². The number of aromatic nitrogens is 3. The SMILES string of the molecule is Cc1cc(-c2cnc3c(NCCC(C)(C)O)cc(-c4ccccc4CO)nn23)ccc1C(=O)NC1CC1. The maximum atomic E-state index is 12.6. The van der Waals surface area contributed by atoms with Crippen LogP contribution in [-0.4, -0.2) is 48.9 Å². The summed E-state index contributed by atoms with van der Waals surface area (Å²) in [5.41, 5.74) is 6.19. The number of rotatable bonds is 9. The van der Waals surface area contributed by atoms with E-state index in [1.807, 2.05) is 55.5 Å². The van der Waals surface area contributed by atoms with Crippen molar-refractivity contribution >= 4 is 17.2 Å². The molecule has 5 rings (SSSR count). The highest BCUT2D eigenvalue weighted by atomic mass is 16.3. The minimum atomic E-state index is -0.797. The van der Waals surface area contributed by atoms with E-state index >= 15 is 0 Å². The molecule has 0 aliphatic heterocycles. The van der Waals surface area contributed by atoms with Gasteiger partial charge in [-0.1, -0.05) is 30.3 Å². The van der Waals surface area contributed by atoms with E-state index in [2.05, 4.69) is 15.6 Å². The van der Waals surface area contributed by atoms with Gasteiger partial charge in [-0.05, 0) is 69.4 Å². The lowest BCUT2D eigenvalue weighted by atomic mass is 10.0. The first-order valence-electron chi connectivity index (χ1n) is 12.7. The van der Waals surface area contributed by atoms with Crippen LogP contribution in [-0.2, 0) is 6.61 Å². The molecule has 4 aromatic rings. The van der Waals surface area contributed by atoms with Crippen molar-refractivity contribution in [3.05, 3.63) is 71.4 Å². The molecule has 1 aliphatic rings. The van der Waals surface area contributed by atoms with Crippen LogP contribution >= 0.6 is 0 Å². The van der Waals surface area contributed by atoms with Gasteiger partial charge in [0.25, 0.3) is 5.91 Å². The molecule has 8 nitrogen and oxygen atoms in total. The normalized spacial score (nSPS) is 13.6. The Hall–Kier alpha value is -3.75. The molecule has 1 saturated carbocycles. The quantitative estimate of drug-likeness (QED) is 0.273. The molecule has 192 valence electrons. The average Bonchev–Trinajstić information content (AvgIpc) is 3.57. The number of nitrogens with one attached hydrogen (secondary N) is 2. The predicted molar refractivity (Wildman–Crippen MR) is 144 cm³/mol. The fraction of sp³-hybridized carbons (Fsp3) is 0.345. The zero-order chi connectivity index (χ0) is 26.2. The summed E-state index contributed by atoms with van der Waals surface area (Å²) < 4.78 is 1.80. The standard InChI is InChI=1S/C29H33N5O3/c1-18-14-19(8-11-22(18)28(36)32-21-9-10-21)26-16-31-27-25(30-13-12-29(2,3)37)15-24(33-34(26)27)23-7-5-4-6-20(23)17-35/h4-8,11,14-16,21,30,35,37H,9-10,12-13,17H2,1-3H3,(H,32,36). The molecule has 2 aromatic carbocycles. The molecule has 1 fully saturated rings. The number of fused-ring (bicyclic) bond motifs is 1. The number of hydrogen-bond donors (Lipinski definition) is 4. The van der Waals surface area contributed by atoms with Crippen molar-refractivity contribution in [2.75, 3.05) is 11.9 Å². The number of carbonyl (C=O) groups is 1. The number of benzene rings is 2. The number of aliphatic hydroxyl groups excluding tert-OH is 1. The molecule has 0 spiro atoms. The van der Waals surface area contributed by atoms with Crippen LogP contribution in [0.5, 0.6) is 0 Å². The molecular formula is C29H33N5O3. The van der Waals surface area contributed by atoms with Crippen molar-refractivity contribution in [1.82, 2.24) is 19.9 Å². The van der Waals surface area contributed by atoms with Gasteiger partial charge < -0.3 is 20.8 Å². The van der Waals surface area contributed by atoms with Gasteiger partial charge in [0.05, 0.1) is 35.5 Å². The third-order valence-corrected chi connectivity index (χ3v) is 6.66. The molecule has 0 unspecified atom stereocenters. The highest BCUT2D eigenvalue weighted by Crippen LogP contribution is 2.31. The number of aliphatic hydroxyl groups is 2. The number of nitrogens with zero attached hydrogens (tertiary/aromatic N) is 3. The Labute approximate surface area is 216 Å². The Balaban J connectivity index is 1.57. The van der Waals surface area contributed by atoms with Crippen molar-refractivity contribution < 1.29 is 15.0 Å². The second-order valence-corrected chi connectivity index (χ2v) is 10.4. The Morgan fingerprint density at radius 3 is 2.65 bits per heavy atom. The van der Waals surface area contributed by atoms with E-state index < -0.39 is 5.60 Å². The van der Waals surface area contributed by atoms with Crippen LogP contribution < -0.4 is 10.6 Å². The molecule has 0 radical (unpaired) electrons. The Morgan fingerprint density at radius 1 is 1.16 bits per heavy atom. The molecular weight excluding hydrogens is 466 g/mol. The van der Waals surface area contributed by atoms with Gasteiger partial charge in [-0.15, -0.1) is 0 Å². The van der Waals surface area contributed by atoms with E-state index in [0.29, 0.717) is 35.9 Å². The van der Waals surface area contributed by atoms with Gasteiger partial charge in [-0.2, -0.15) is 5.10 Å². The first-order chi connectivity index (χ1) is 17.7. The van der Waals surface area contributed by atoms with Gasteiger partial charge in [-0.3, -0.25) is 4.79 Å². The van der Waals surface area contributed by atoms with E-state index in [4.69, 9.17) is 5.10 Å². The second kappa shape index (κ2) is 9.95. The van der Waals surface area contributed by atoms with E-state index in [1.54, 1.807) is 24.6 Å². The summed E-state index contributed by atoms with van der Waals surface area (Å²) in [6, 6.07) is 15.6. The lowest BCUT2D eigenvalue weighted by molar-refractivity contribution is 0.0748. The molecule has 1 amide bonds. The minimum Gasteiger partial charge on any atom is -0.392 e. The fourth-order valence-corrected chi connectivity index (χ4v) is 4.41. The Kier molecular flexibility index (Phi) is 6.70. The van der Waals surface area contributed by atoms with Gasteiger partial charge in [0.1, 0.15) is 0 Å². The first-order valence-corrected chi connectivity index (χ1v) is 12.7. The molecule has 1 aliphatic carbocycles. The van der Waals surface area contributed by atoms with Gasteiger partial charge in [0.2, 0.25) is 0 Å². The Morgan fingerprint density at radius 2 is 1.95 bits per heavy atom. The molecule has 0 bridgehead atoms. The predicted octanol–water partition coefficient (Wildman–Crippen LogP) is 4.33. The maximum absolute atomic E-state index is 12.6. The molecule has 4 N–H and O–H groups in total. The largest absolute Gasteiger partial charge is 0.392 e. The smallest absolute Gasteiger partial charge is 0.251 e. The van der Waals surface area contributed by atoms with E-state index in [-0.39, 0.29) is 12.5 Å². The van der Waals surface area contributed by atoms with E-state index in [0.717, 1.165) is 46.5 Å². The number of hydrogen-bond acceptors (Lipinski definition) is 6. The zero-order valence-corrected chi connectivity index (χ0v) is 21.5. The number of aryl methyl sites for hydroxylation is 1. The molecule has 0 saturated heterocycles. The van der Waals surface area contributed by atoms with Crippen molar-refractivity contribution in [3.63, 3.8) is 0 Å². The van der Waals surface area contributed by atoms with Crippen LogP contribution in [0.15, 0.2) is 54.7 Å². The van der Waals surface area contributed by atoms with E-state index in [1.165, 1.54) is 0 Å². The highest BCUT2D eigenvalue weighted by Gasteiger charge is 2.24. The first kappa shape index (κ1) is 24.9. The summed E-state index contributed by atoms with van der Waals surface area (Å²) >= 11 is 0. The molecule has 2 heterocycles. The number of amides is 1. The maximum Gasteiger partial charge on any atom is 0.251 e. The minimum absolute atomic E-state index is 0.0380. The van der Waals surface area contributed by atoms with Crippen LogP contribution in [0.1, 0.15) is 54.6 Å².